The Morgan fingerprint density at radius 2 is 1.90 bits per heavy atom. The lowest BCUT2D eigenvalue weighted by atomic mass is 9.94. The zero-order chi connectivity index (χ0) is 15.0. The summed E-state index contributed by atoms with van der Waals surface area (Å²) in [6, 6.07) is 0.250. The van der Waals surface area contributed by atoms with Crippen LogP contribution in [0.15, 0.2) is 0 Å². The first kappa shape index (κ1) is 17.2. The molecule has 0 heterocycles. The fraction of sp³-hybridized carbons (Fsp3) is 0.917. The van der Waals surface area contributed by atoms with Crippen LogP contribution in [-0.4, -0.2) is 50.6 Å². The van der Waals surface area contributed by atoms with Gasteiger partial charge in [0.25, 0.3) is 0 Å². The first-order valence-electron chi connectivity index (χ1n) is 6.65. The highest BCUT2D eigenvalue weighted by molar-refractivity contribution is 5.77. The first-order chi connectivity index (χ1) is 9.37. The molecule has 0 atom stereocenters. The third-order valence-corrected chi connectivity index (χ3v) is 3.00. The predicted octanol–water partition coefficient (Wildman–Crippen LogP) is 0.968. The molecule has 118 valence electrons. The van der Waals surface area contributed by atoms with Gasteiger partial charge in [-0.15, -0.1) is 0 Å². The number of nitrogens with one attached hydrogen (secondary N) is 1. The molecule has 0 spiro atoms. The molecule has 1 aliphatic carbocycles. The smallest absolute Gasteiger partial charge is 0.376 e. The quantitative estimate of drug-likeness (QED) is 0.687. The van der Waals surface area contributed by atoms with Gasteiger partial charge in [0, 0.05) is 12.6 Å². The summed E-state index contributed by atoms with van der Waals surface area (Å²) >= 11 is 0. The number of carbonyl (C=O) groups excluding carboxylic acids is 1. The Morgan fingerprint density at radius 3 is 2.50 bits per heavy atom. The Labute approximate surface area is 116 Å². The predicted molar refractivity (Wildman–Crippen MR) is 66.1 cm³/mol. The molecule has 0 bridgehead atoms. The van der Waals surface area contributed by atoms with Crippen molar-refractivity contribution < 1.29 is 27.4 Å². The van der Waals surface area contributed by atoms with Crippen LogP contribution in [0, 0.1) is 0 Å². The Hall–Kier alpha value is -0.860. The Balaban J connectivity index is 1.96. The van der Waals surface area contributed by atoms with E-state index < -0.39 is 25.3 Å². The molecule has 0 aromatic rings. The lowest BCUT2D eigenvalue weighted by Crippen LogP contribution is -2.34. The zero-order valence-electron chi connectivity index (χ0n) is 11.2. The van der Waals surface area contributed by atoms with Gasteiger partial charge in [-0.3, -0.25) is 4.79 Å². The van der Waals surface area contributed by atoms with Crippen molar-refractivity contribution in [1.82, 2.24) is 5.32 Å². The third kappa shape index (κ3) is 8.34. The van der Waals surface area contributed by atoms with Gasteiger partial charge in [-0.1, -0.05) is 0 Å². The average Bonchev–Trinajstić information content (AvgIpc) is 2.35. The van der Waals surface area contributed by atoms with Crippen LogP contribution in [0.25, 0.3) is 0 Å². The van der Waals surface area contributed by atoms with Crippen LogP contribution in [0.4, 0.5) is 13.2 Å². The van der Waals surface area contributed by atoms with Gasteiger partial charge in [0.1, 0.15) is 13.2 Å². The molecular weight excluding hydrogens is 277 g/mol. The molecule has 1 rings (SSSR count). The van der Waals surface area contributed by atoms with Crippen LogP contribution in [0.3, 0.4) is 0 Å². The molecule has 20 heavy (non-hydrogen) atoms. The molecule has 8 heteroatoms. The van der Waals surface area contributed by atoms with E-state index >= 15 is 0 Å². The largest absolute Gasteiger partial charge is 0.411 e. The molecule has 0 aromatic heterocycles. The Morgan fingerprint density at radius 1 is 1.25 bits per heavy atom. The number of hydrogen-bond donors (Lipinski definition) is 2. The van der Waals surface area contributed by atoms with Gasteiger partial charge < -0.3 is 20.5 Å². The highest BCUT2D eigenvalue weighted by Gasteiger charge is 2.27. The van der Waals surface area contributed by atoms with Crippen LogP contribution in [0.1, 0.15) is 25.7 Å². The molecule has 1 fully saturated rings. The summed E-state index contributed by atoms with van der Waals surface area (Å²) in [6.45, 7) is -1.42. The van der Waals surface area contributed by atoms with E-state index in [4.69, 9.17) is 10.5 Å². The Bertz CT molecular complexity index is 292. The van der Waals surface area contributed by atoms with E-state index in [2.05, 4.69) is 10.1 Å². The number of halogens is 3. The summed E-state index contributed by atoms with van der Waals surface area (Å²) < 4.78 is 45.1. The van der Waals surface area contributed by atoms with Crippen molar-refractivity contribution in [3.05, 3.63) is 0 Å². The standard InChI is InChI=1S/C12H21F3N2O3/c13-12(14,15)8-19-7-11(18)17-5-6-20-10-3-1-9(16)2-4-10/h9-10H,1-8,16H2,(H,17,18). The summed E-state index contributed by atoms with van der Waals surface area (Å²) in [4.78, 5) is 11.1. The van der Waals surface area contributed by atoms with Gasteiger partial charge in [-0.2, -0.15) is 13.2 Å². The average molecular weight is 298 g/mol. The lowest BCUT2D eigenvalue weighted by molar-refractivity contribution is -0.175. The van der Waals surface area contributed by atoms with E-state index in [-0.39, 0.29) is 18.7 Å². The van der Waals surface area contributed by atoms with Gasteiger partial charge in [0.15, 0.2) is 0 Å². The number of hydrogen-bond acceptors (Lipinski definition) is 4. The monoisotopic (exact) mass is 298 g/mol. The fourth-order valence-corrected chi connectivity index (χ4v) is 1.98. The van der Waals surface area contributed by atoms with Gasteiger partial charge in [-0.25, -0.2) is 0 Å². The maximum absolute atomic E-state index is 11.8. The molecule has 0 aromatic carbocycles. The first-order valence-corrected chi connectivity index (χ1v) is 6.65. The SMILES string of the molecule is NC1CCC(OCCNC(=O)COCC(F)(F)F)CC1. The summed E-state index contributed by atoms with van der Waals surface area (Å²) in [6.07, 6.45) is -0.572. The lowest BCUT2D eigenvalue weighted by Gasteiger charge is -2.26. The van der Waals surface area contributed by atoms with Crippen molar-refractivity contribution in [1.29, 1.82) is 0 Å². The maximum atomic E-state index is 11.8. The van der Waals surface area contributed by atoms with Crippen LogP contribution in [0.2, 0.25) is 0 Å². The second-order valence-corrected chi connectivity index (χ2v) is 4.87. The summed E-state index contributed by atoms with van der Waals surface area (Å²) in [7, 11) is 0. The minimum Gasteiger partial charge on any atom is -0.376 e. The van der Waals surface area contributed by atoms with E-state index in [1.54, 1.807) is 0 Å². The number of alkyl halides is 3. The van der Waals surface area contributed by atoms with Crippen molar-refractivity contribution >= 4 is 5.91 Å². The molecule has 0 aliphatic heterocycles. The molecule has 1 saturated carbocycles. The molecule has 0 radical (unpaired) electrons. The highest BCUT2D eigenvalue weighted by atomic mass is 19.4. The fourth-order valence-electron chi connectivity index (χ4n) is 1.98. The summed E-state index contributed by atoms with van der Waals surface area (Å²) in [5, 5.41) is 2.44. The van der Waals surface area contributed by atoms with E-state index in [0.29, 0.717) is 6.61 Å². The van der Waals surface area contributed by atoms with Crippen molar-refractivity contribution in [2.45, 2.75) is 44.0 Å². The summed E-state index contributed by atoms with van der Waals surface area (Å²) in [5.74, 6) is -0.580. The molecule has 0 saturated heterocycles. The van der Waals surface area contributed by atoms with Crippen molar-refractivity contribution in [2.75, 3.05) is 26.4 Å². The third-order valence-electron chi connectivity index (χ3n) is 3.00. The Kier molecular flexibility index (Phi) is 7.25. The van der Waals surface area contributed by atoms with E-state index in [0.717, 1.165) is 25.7 Å². The molecule has 0 unspecified atom stereocenters. The van der Waals surface area contributed by atoms with Crippen LogP contribution in [0.5, 0.6) is 0 Å². The molecule has 1 aliphatic rings. The van der Waals surface area contributed by atoms with E-state index in [1.165, 1.54) is 0 Å². The van der Waals surface area contributed by atoms with Crippen LogP contribution in [-0.2, 0) is 14.3 Å². The highest BCUT2D eigenvalue weighted by Crippen LogP contribution is 2.19. The topological polar surface area (TPSA) is 73.6 Å². The zero-order valence-corrected chi connectivity index (χ0v) is 11.2. The van der Waals surface area contributed by atoms with Crippen LogP contribution < -0.4 is 11.1 Å². The molecule has 3 N–H and O–H groups in total. The van der Waals surface area contributed by atoms with Gasteiger partial charge >= 0.3 is 6.18 Å². The summed E-state index contributed by atoms with van der Waals surface area (Å²) in [5.41, 5.74) is 5.76. The maximum Gasteiger partial charge on any atom is 0.411 e. The second-order valence-electron chi connectivity index (χ2n) is 4.87. The van der Waals surface area contributed by atoms with Crippen molar-refractivity contribution in [3.63, 3.8) is 0 Å². The minimum absolute atomic E-state index is 0.160. The number of rotatable bonds is 7. The number of carbonyl (C=O) groups is 1. The number of nitrogens with two attached hydrogens (primary N) is 1. The second kappa shape index (κ2) is 8.43. The normalized spacial score (nSPS) is 23.6. The minimum atomic E-state index is -4.41. The van der Waals surface area contributed by atoms with E-state index in [1.807, 2.05) is 0 Å². The van der Waals surface area contributed by atoms with Gasteiger partial charge in [-0.05, 0) is 25.7 Å². The number of amides is 1. The van der Waals surface area contributed by atoms with E-state index in [9.17, 15) is 18.0 Å². The molecule has 1 amide bonds. The molecular formula is C12H21F3N2O3. The van der Waals surface area contributed by atoms with Gasteiger partial charge in [0.2, 0.25) is 5.91 Å². The van der Waals surface area contributed by atoms with Crippen molar-refractivity contribution in [3.8, 4) is 0 Å². The van der Waals surface area contributed by atoms with Gasteiger partial charge in [0.05, 0.1) is 12.7 Å². The number of ether oxygens (including phenoxy) is 2. The van der Waals surface area contributed by atoms with Crippen LogP contribution >= 0.6 is 0 Å². The molecule has 5 nitrogen and oxygen atoms in total. The van der Waals surface area contributed by atoms with Crippen molar-refractivity contribution in [2.24, 2.45) is 5.73 Å².